The van der Waals surface area contributed by atoms with E-state index in [1.54, 1.807) is 0 Å². The van der Waals surface area contributed by atoms with Gasteiger partial charge in [0.25, 0.3) is 0 Å². The Morgan fingerprint density at radius 1 is 0.780 bits per heavy atom. The fraction of sp³-hybridized carbons (Fsp3) is 0.371. The minimum atomic E-state index is 0.796. The summed E-state index contributed by atoms with van der Waals surface area (Å²) >= 11 is 0. The molecule has 2 N–H and O–H groups in total. The maximum absolute atomic E-state index is 4.79. The summed E-state index contributed by atoms with van der Waals surface area (Å²) in [6.45, 7) is 8.40. The van der Waals surface area contributed by atoms with Gasteiger partial charge in [0.2, 0.25) is 0 Å². The number of pyridine rings is 2. The quantitative estimate of drug-likeness (QED) is 0.249. The highest BCUT2D eigenvalue weighted by Crippen LogP contribution is 2.31. The Labute approximate surface area is 243 Å². The number of para-hydroxylation sites is 1. The average Bonchev–Trinajstić information content (AvgIpc) is 3.36. The van der Waals surface area contributed by atoms with E-state index in [-0.39, 0.29) is 0 Å². The van der Waals surface area contributed by atoms with Gasteiger partial charge >= 0.3 is 0 Å². The van der Waals surface area contributed by atoms with Crippen LogP contribution in [-0.2, 0) is 25.9 Å². The van der Waals surface area contributed by atoms with E-state index in [1.807, 2.05) is 18.5 Å². The minimum absolute atomic E-state index is 0.796. The number of fused-ring (bicyclic) bond motifs is 4. The molecule has 0 spiro atoms. The Morgan fingerprint density at radius 2 is 1.61 bits per heavy atom. The second-order valence-corrected chi connectivity index (χ2v) is 11.2. The number of benzene rings is 2. The van der Waals surface area contributed by atoms with Gasteiger partial charge in [0, 0.05) is 73.6 Å². The molecule has 5 aromatic rings. The molecule has 2 aliphatic rings. The zero-order valence-corrected chi connectivity index (χ0v) is 24.1. The van der Waals surface area contributed by atoms with Crippen molar-refractivity contribution in [1.29, 1.82) is 0 Å². The normalized spacial score (nSPS) is 15.4. The Kier molecular flexibility index (Phi) is 9.32. The van der Waals surface area contributed by atoms with Crippen molar-refractivity contribution < 1.29 is 0 Å². The fourth-order valence-electron chi connectivity index (χ4n) is 6.23. The number of aromatic nitrogens is 3. The van der Waals surface area contributed by atoms with Crippen molar-refractivity contribution in [3.8, 4) is 0 Å². The van der Waals surface area contributed by atoms with E-state index in [2.05, 4.69) is 91.8 Å². The van der Waals surface area contributed by atoms with E-state index in [0.29, 0.717) is 0 Å². The number of piperazine rings is 1. The minimum Gasteiger partial charge on any atom is -0.334 e. The summed E-state index contributed by atoms with van der Waals surface area (Å²) in [5, 5.41) is 9.66. The van der Waals surface area contributed by atoms with E-state index < -0.39 is 0 Å². The van der Waals surface area contributed by atoms with Crippen molar-refractivity contribution in [3.63, 3.8) is 0 Å². The van der Waals surface area contributed by atoms with Gasteiger partial charge in [-0.15, -0.1) is 0 Å². The van der Waals surface area contributed by atoms with E-state index >= 15 is 0 Å². The van der Waals surface area contributed by atoms with Gasteiger partial charge in [-0.1, -0.05) is 54.6 Å². The molecule has 6 nitrogen and oxygen atoms in total. The second kappa shape index (κ2) is 13.9. The highest BCUT2D eigenvalue weighted by atomic mass is 15.2. The maximum Gasteiger partial charge on any atom is 0.0784 e. The number of hydrogen-bond acceptors (Lipinski definition) is 5. The first-order valence-electron chi connectivity index (χ1n) is 15.3. The summed E-state index contributed by atoms with van der Waals surface area (Å²) in [6.07, 6.45) is 10.1. The molecular weight excluding hydrogens is 504 g/mol. The molecule has 3 aromatic heterocycles. The van der Waals surface area contributed by atoms with Crippen molar-refractivity contribution in [3.05, 3.63) is 108 Å². The van der Waals surface area contributed by atoms with Crippen LogP contribution in [0.2, 0.25) is 0 Å². The summed E-state index contributed by atoms with van der Waals surface area (Å²) in [7, 11) is 0. The number of aryl methyl sites for hydroxylation is 2. The van der Waals surface area contributed by atoms with Crippen molar-refractivity contribution in [2.45, 2.75) is 45.2 Å². The summed E-state index contributed by atoms with van der Waals surface area (Å²) < 4.78 is 2.44. The van der Waals surface area contributed by atoms with Crippen LogP contribution >= 0.6 is 0 Å². The Morgan fingerprint density at radius 3 is 2.49 bits per heavy atom. The highest BCUT2D eigenvalue weighted by molar-refractivity contribution is 6.08. The van der Waals surface area contributed by atoms with Gasteiger partial charge in [-0.3, -0.25) is 9.97 Å². The average molecular weight is 547 g/mol. The molecule has 0 saturated carbocycles. The maximum atomic E-state index is 4.79. The molecule has 1 aliphatic heterocycles. The zero-order chi connectivity index (χ0) is 27.7. The van der Waals surface area contributed by atoms with Crippen molar-refractivity contribution in [2.75, 3.05) is 39.3 Å². The summed E-state index contributed by atoms with van der Waals surface area (Å²) in [4.78, 5) is 11.7. The van der Waals surface area contributed by atoms with E-state index in [0.717, 1.165) is 38.4 Å². The van der Waals surface area contributed by atoms with Crippen LogP contribution in [0.1, 0.15) is 41.8 Å². The number of nitrogens with one attached hydrogen (secondary N) is 2. The van der Waals surface area contributed by atoms with Crippen LogP contribution in [0.5, 0.6) is 0 Å². The Balaban J connectivity index is 0.000000253. The molecule has 0 radical (unpaired) electrons. The lowest BCUT2D eigenvalue weighted by Gasteiger charge is -2.27. The van der Waals surface area contributed by atoms with E-state index in [9.17, 15) is 0 Å². The molecule has 1 fully saturated rings. The first kappa shape index (κ1) is 27.6. The SMILES string of the molecule is c1ccc(Cn2c3ccccc3c3ccnc(CNCCCN4CCNCC4)c32)cc1.c1cnc2c(c1)CCCC2. The molecule has 1 saturated heterocycles. The first-order chi connectivity index (χ1) is 20.4. The van der Waals surface area contributed by atoms with Crippen LogP contribution in [0.15, 0.2) is 85.2 Å². The standard InChI is InChI=1S/C26H31N5.C9H11N/c1-2-7-21(8-3-1)20-31-25-10-5-4-9-22(25)23-11-13-29-24(26(23)31)19-28-12-6-16-30-17-14-27-15-18-30;1-2-6-9-8(4-1)5-3-7-10-9/h1-5,7-11,13,27-28H,6,12,14-20H2;3,5,7H,1-2,4,6H2. The van der Waals surface area contributed by atoms with Gasteiger partial charge in [0.1, 0.15) is 0 Å². The molecule has 0 bridgehead atoms. The third-order valence-electron chi connectivity index (χ3n) is 8.36. The monoisotopic (exact) mass is 546 g/mol. The van der Waals surface area contributed by atoms with Gasteiger partial charge in [0.15, 0.2) is 0 Å². The van der Waals surface area contributed by atoms with Crippen LogP contribution in [0, 0.1) is 0 Å². The van der Waals surface area contributed by atoms with Crippen molar-refractivity contribution >= 4 is 21.8 Å². The zero-order valence-electron chi connectivity index (χ0n) is 24.1. The molecular formula is C35H42N6. The highest BCUT2D eigenvalue weighted by Gasteiger charge is 2.15. The van der Waals surface area contributed by atoms with Crippen LogP contribution < -0.4 is 10.6 Å². The van der Waals surface area contributed by atoms with Crippen molar-refractivity contribution in [1.82, 2.24) is 30.1 Å². The van der Waals surface area contributed by atoms with Crippen LogP contribution in [-0.4, -0.2) is 58.7 Å². The topological polar surface area (TPSA) is 58.0 Å². The molecule has 0 atom stereocenters. The van der Waals surface area contributed by atoms with Crippen molar-refractivity contribution in [2.24, 2.45) is 0 Å². The lowest BCUT2D eigenvalue weighted by atomic mass is 9.96. The van der Waals surface area contributed by atoms with Gasteiger partial charge in [-0.25, -0.2) is 0 Å². The molecule has 0 amide bonds. The molecule has 2 aromatic carbocycles. The van der Waals surface area contributed by atoms with Gasteiger partial charge in [-0.2, -0.15) is 0 Å². The molecule has 1 aliphatic carbocycles. The third-order valence-corrected chi connectivity index (χ3v) is 8.36. The molecule has 212 valence electrons. The smallest absolute Gasteiger partial charge is 0.0784 e. The molecule has 7 rings (SSSR count). The molecule has 0 unspecified atom stereocenters. The van der Waals surface area contributed by atoms with Gasteiger partial charge < -0.3 is 20.1 Å². The second-order valence-electron chi connectivity index (χ2n) is 11.2. The molecule has 6 heteroatoms. The van der Waals surface area contributed by atoms with Gasteiger partial charge in [-0.05, 0) is 74.5 Å². The fourth-order valence-corrected chi connectivity index (χ4v) is 6.23. The lowest BCUT2D eigenvalue weighted by Crippen LogP contribution is -2.44. The predicted octanol–water partition coefficient (Wildman–Crippen LogP) is 5.58. The summed E-state index contributed by atoms with van der Waals surface area (Å²) in [5.41, 5.74) is 7.76. The number of rotatable bonds is 8. The van der Waals surface area contributed by atoms with Crippen LogP contribution in [0.25, 0.3) is 21.8 Å². The Hall–Kier alpha value is -3.58. The van der Waals surface area contributed by atoms with Crippen LogP contribution in [0.3, 0.4) is 0 Å². The Bertz CT molecular complexity index is 1510. The summed E-state index contributed by atoms with van der Waals surface area (Å²) in [6, 6.07) is 25.8. The number of hydrogen-bond donors (Lipinski definition) is 2. The summed E-state index contributed by atoms with van der Waals surface area (Å²) in [5.74, 6) is 0. The predicted molar refractivity (Wildman–Crippen MR) is 169 cm³/mol. The number of nitrogens with zero attached hydrogens (tertiary/aromatic N) is 4. The molecule has 41 heavy (non-hydrogen) atoms. The lowest BCUT2D eigenvalue weighted by molar-refractivity contribution is 0.237. The largest absolute Gasteiger partial charge is 0.334 e. The van der Waals surface area contributed by atoms with Crippen LogP contribution in [0.4, 0.5) is 0 Å². The van der Waals surface area contributed by atoms with E-state index in [1.165, 1.54) is 90.4 Å². The molecule has 4 heterocycles. The van der Waals surface area contributed by atoms with Gasteiger partial charge in [0.05, 0.1) is 11.2 Å². The van der Waals surface area contributed by atoms with E-state index in [4.69, 9.17) is 4.98 Å². The third kappa shape index (κ3) is 6.84. The first-order valence-corrected chi connectivity index (χ1v) is 15.3.